The maximum absolute atomic E-state index is 13.4. The van der Waals surface area contributed by atoms with Crippen molar-refractivity contribution >= 4 is 17.3 Å². The predicted octanol–water partition coefficient (Wildman–Crippen LogP) is 5.20. The lowest BCUT2D eigenvalue weighted by Gasteiger charge is -2.38. The summed E-state index contributed by atoms with van der Waals surface area (Å²) in [6.07, 6.45) is -5.47. The number of methoxy groups -OCH3 is 2. The number of carbonyl (C=O) groups is 1. The van der Waals surface area contributed by atoms with Crippen LogP contribution in [0.5, 0.6) is 17.2 Å². The van der Waals surface area contributed by atoms with Gasteiger partial charge in [-0.2, -0.15) is 13.2 Å². The first-order valence-electron chi connectivity index (χ1n) is 9.56. The van der Waals surface area contributed by atoms with Gasteiger partial charge in [-0.3, -0.25) is 9.69 Å². The predicted molar refractivity (Wildman–Crippen MR) is 112 cm³/mol. The molecule has 1 heterocycles. The van der Waals surface area contributed by atoms with Crippen molar-refractivity contribution in [3.05, 3.63) is 77.4 Å². The Kier molecular flexibility index (Phi) is 5.33. The molecule has 3 aromatic carbocycles. The van der Waals surface area contributed by atoms with E-state index in [0.717, 1.165) is 12.1 Å². The largest absolute Gasteiger partial charge is 0.502 e. The van der Waals surface area contributed by atoms with Crippen molar-refractivity contribution in [3.8, 4) is 17.2 Å². The molecule has 6 nitrogen and oxygen atoms in total. The van der Waals surface area contributed by atoms with Crippen molar-refractivity contribution in [1.29, 1.82) is 0 Å². The zero-order chi connectivity index (χ0) is 23.0. The zero-order valence-corrected chi connectivity index (χ0v) is 17.1. The quantitative estimate of drug-likeness (QED) is 0.579. The molecule has 0 saturated heterocycles. The number of halogens is 3. The number of phenolic OH excluding ortho intramolecular Hbond substituents is 1. The van der Waals surface area contributed by atoms with E-state index in [1.807, 2.05) is 0 Å². The van der Waals surface area contributed by atoms with Crippen LogP contribution in [-0.2, 0) is 6.18 Å². The highest BCUT2D eigenvalue weighted by Gasteiger charge is 2.37. The van der Waals surface area contributed by atoms with Crippen LogP contribution in [0.2, 0.25) is 0 Å². The number of nitrogens with zero attached hydrogens (tertiary/aromatic N) is 1. The molecule has 1 unspecified atom stereocenters. The minimum absolute atomic E-state index is 0.0582. The maximum atomic E-state index is 13.4. The first kappa shape index (κ1) is 21.4. The molecule has 4 rings (SSSR count). The molecule has 1 aliphatic heterocycles. The van der Waals surface area contributed by atoms with Gasteiger partial charge in [-0.05, 0) is 42.5 Å². The number of carbonyl (C=O) groups excluding carboxylic acids is 1. The van der Waals surface area contributed by atoms with Crippen molar-refractivity contribution in [1.82, 2.24) is 0 Å². The number of para-hydroxylation sites is 1. The average molecular weight is 444 g/mol. The van der Waals surface area contributed by atoms with Crippen molar-refractivity contribution < 1.29 is 32.5 Å². The molecule has 0 fully saturated rings. The van der Waals surface area contributed by atoms with Crippen molar-refractivity contribution in [3.63, 3.8) is 0 Å². The molecular weight excluding hydrogens is 425 g/mol. The Labute approximate surface area is 181 Å². The van der Waals surface area contributed by atoms with Crippen LogP contribution in [0.4, 0.5) is 24.5 Å². The van der Waals surface area contributed by atoms with E-state index >= 15 is 0 Å². The topological polar surface area (TPSA) is 71.0 Å². The van der Waals surface area contributed by atoms with E-state index in [9.17, 15) is 23.1 Å². The second-order valence-electron chi connectivity index (χ2n) is 7.09. The van der Waals surface area contributed by atoms with Crippen LogP contribution < -0.4 is 19.7 Å². The van der Waals surface area contributed by atoms with Crippen LogP contribution >= 0.6 is 0 Å². The fourth-order valence-corrected chi connectivity index (χ4v) is 3.66. The first-order valence-corrected chi connectivity index (χ1v) is 9.56. The number of hydrogen-bond donors (Lipinski definition) is 2. The SMILES string of the molecule is COc1cc(C2Nc3ccccc3C(=O)N2c2cccc(C(F)(F)F)c2)cc(OC)c1O. The number of hydrogen-bond acceptors (Lipinski definition) is 5. The van der Waals surface area contributed by atoms with Crippen LogP contribution in [0.15, 0.2) is 60.7 Å². The third-order valence-electron chi connectivity index (χ3n) is 5.20. The zero-order valence-electron chi connectivity index (χ0n) is 17.1. The molecule has 1 aliphatic rings. The standard InChI is InChI=1S/C23H19F3N2O4/c1-31-18-10-13(11-19(32-2)20(18)29)21-27-17-9-4-3-8-16(17)22(30)28(21)15-7-5-6-14(12-15)23(24,25)26/h3-12,21,27,29H,1-2H3. The number of benzene rings is 3. The Bertz CT molecular complexity index is 1150. The van der Waals surface area contributed by atoms with Gasteiger partial charge in [0.2, 0.25) is 5.75 Å². The first-order chi connectivity index (χ1) is 15.2. The second kappa shape index (κ2) is 7.99. The monoisotopic (exact) mass is 444 g/mol. The number of amides is 1. The molecule has 0 spiro atoms. The van der Waals surface area contributed by atoms with Crippen LogP contribution in [0.3, 0.4) is 0 Å². The molecule has 0 aliphatic carbocycles. The highest BCUT2D eigenvalue weighted by atomic mass is 19.4. The number of fused-ring (bicyclic) bond motifs is 1. The van der Waals surface area contributed by atoms with Crippen LogP contribution in [0.25, 0.3) is 0 Å². The van der Waals surface area contributed by atoms with Crippen LogP contribution in [-0.4, -0.2) is 25.2 Å². The minimum atomic E-state index is -4.57. The number of phenols is 1. The summed E-state index contributed by atoms with van der Waals surface area (Å²) in [6, 6.07) is 14.3. The molecule has 1 atom stereocenters. The number of ether oxygens (including phenoxy) is 2. The second-order valence-corrected chi connectivity index (χ2v) is 7.09. The van der Waals surface area contributed by atoms with Gasteiger partial charge >= 0.3 is 6.18 Å². The summed E-state index contributed by atoms with van der Waals surface area (Å²) in [7, 11) is 2.72. The van der Waals surface area contributed by atoms with Gasteiger partial charge < -0.3 is 19.9 Å². The smallest absolute Gasteiger partial charge is 0.416 e. The molecule has 1 amide bonds. The number of alkyl halides is 3. The lowest BCUT2D eigenvalue weighted by atomic mass is 10.0. The van der Waals surface area contributed by atoms with Gasteiger partial charge in [0.05, 0.1) is 25.3 Å². The lowest BCUT2D eigenvalue weighted by molar-refractivity contribution is -0.137. The van der Waals surface area contributed by atoms with Crippen LogP contribution in [0, 0.1) is 0 Å². The molecule has 32 heavy (non-hydrogen) atoms. The molecule has 0 saturated carbocycles. The van der Waals surface area contributed by atoms with Crippen LogP contribution in [0.1, 0.15) is 27.7 Å². The van der Waals surface area contributed by atoms with Gasteiger partial charge in [-0.25, -0.2) is 0 Å². The van der Waals surface area contributed by atoms with Gasteiger partial charge in [0.1, 0.15) is 6.17 Å². The summed E-state index contributed by atoms with van der Waals surface area (Å²) in [6.45, 7) is 0. The molecule has 166 valence electrons. The van der Waals surface area contributed by atoms with Gasteiger partial charge in [-0.1, -0.05) is 18.2 Å². The molecule has 0 aromatic heterocycles. The highest BCUT2D eigenvalue weighted by Crippen LogP contribution is 2.43. The molecule has 9 heteroatoms. The van der Waals surface area contributed by atoms with E-state index < -0.39 is 23.8 Å². The molecule has 3 aromatic rings. The summed E-state index contributed by atoms with van der Waals surface area (Å²) in [5, 5.41) is 13.5. The van der Waals surface area contributed by atoms with E-state index in [0.29, 0.717) is 16.8 Å². The normalized spacial score (nSPS) is 15.7. The number of rotatable bonds is 4. The van der Waals surface area contributed by atoms with Gasteiger partial charge in [-0.15, -0.1) is 0 Å². The van der Waals surface area contributed by atoms with Gasteiger partial charge in [0, 0.05) is 16.9 Å². The maximum Gasteiger partial charge on any atom is 0.416 e. The van der Waals surface area contributed by atoms with Gasteiger partial charge in [0.15, 0.2) is 11.5 Å². The number of anilines is 2. The molecule has 0 bridgehead atoms. The van der Waals surface area contributed by atoms with E-state index in [1.54, 1.807) is 24.3 Å². The highest BCUT2D eigenvalue weighted by molar-refractivity contribution is 6.12. The molecule has 2 N–H and O–H groups in total. The summed E-state index contributed by atoms with van der Waals surface area (Å²) < 4.78 is 50.5. The third-order valence-corrected chi connectivity index (χ3v) is 5.20. The van der Waals surface area contributed by atoms with Gasteiger partial charge in [0.25, 0.3) is 5.91 Å². The summed E-state index contributed by atoms with van der Waals surface area (Å²) in [5.74, 6) is -0.519. The van der Waals surface area contributed by atoms with Crippen molar-refractivity contribution in [2.45, 2.75) is 12.3 Å². The van der Waals surface area contributed by atoms with Crippen molar-refractivity contribution in [2.24, 2.45) is 0 Å². The van der Waals surface area contributed by atoms with E-state index in [1.165, 1.54) is 43.4 Å². The molecule has 0 radical (unpaired) electrons. The average Bonchev–Trinajstić information content (AvgIpc) is 2.78. The summed E-state index contributed by atoms with van der Waals surface area (Å²) in [4.78, 5) is 14.7. The Hall–Kier alpha value is -3.88. The number of aromatic hydroxyl groups is 1. The Morgan fingerprint density at radius 1 is 0.969 bits per heavy atom. The van der Waals surface area contributed by atoms with E-state index in [2.05, 4.69) is 5.32 Å². The fourth-order valence-electron chi connectivity index (χ4n) is 3.66. The lowest BCUT2D eigenvalue weighted by Crippen LogP contribution is -2.43. The Morgan fingerprint density at radius 2 is 1.62 bits per heavy atom. The Morgan fingerprint density at radius 3 is 2.25 bits per heavy atom. The fraction of sp³-hybridized carbons (Fsp3) is 0.174. The summed E-state index contributed by atoms with van der Waals surface area (Å²) in [5.41, 5.74) is 0.469. The van der Waals surface area contributed by atoms with Crippen molar-refractivity contribution in [2.75, 3.05) is 24.4 Å². The molecular formula is C23H19F3N2O4. The van der Waals surface area contributed by atoms with E-state index in [-0.39, 0.29) is 22.9 Å². The summed E-state index contributed by atoms with van der Waals surface area (Å²) >= 11 is 0. The Balaban J connectivity index is 1.91. The number of nitrogens with one attached hydrogen (secondary N) is 1. The minimum Gasteiger partial charge on any atom is -0.502 e. The third kappa shape index (κ3) is 3.66. The van der Waals surface area contributed by atoms with E-state index in [4.69, 9.17) is 9.47 Å².